The quantitative estimate of drug-likeness (QED) is 0.575. The number of carbonyl (C=O) groups is 2. The Morgan fingerprint density at radius 3 is 2.40 bits per heavy atom. The van der Waals surface area contributed by atoms with Gasteiger partial charge in [-0.05, 0) is 50.5 Å². The second kappa shape index (κ2) is 10.5. The SMILES string of the molecule is COc1cc(CNC(=O)NC(COC(=O)C(C)(C)C)Cc2ccccc2)ccc1O. The lowest BCUT2D eigenvalue weighted by molar-refractivity contribution is -0.153. The maximum atomic E-state index is 12.4. The van der Waals surface area contributed by atoms with E-state index >= 15 is 0 Å². The molecule has 0 heterocycles. The summed E-state index contributed by atoms with van der Waals surface area (Å²) < 4.78 is 10.5. The summed E-state index contributed by atoms with van der Waals surface area (Å²) in [5, 5.41) is 15.3. The number of amides is 2. The Kier molecular flexibility index (Phi) is 8.09. The standard InChI is InChI=1S/C23H30N2O5/c1-23(2,3)21(27)30-15-18(12-16-8-6-5-7-9-16)25-22(28)24-14-17-10-11-19(26)20(13-17)29-4/h5-11,13,18,26H,12,14-15H2,1-4H3,(H2,24,25,28). The molecule has 1 atom stereocenters. The molecule has 0 fully saturated rings. The molecule has 0 aliphatic carbocycles. The van der Waals surface area contributed by atoms with Crippen molar-refractivity contribution in [2.75, 3.05) is 13.7 Å². The van der Waals surface area contributed by atoms with Gasteiger partial charge in [-0.2, -0.15) is 0 Å². The van der Waals surface area contributed by atoms with Crippen LogP contribution in [0.25, 0.3) is 0 Å². The molecule has 0 spiro atoms. The van der Waals surface area contributed by atoms with Crippen molar-refractivity contribution in [3.63, 3.8) is 0 Å². The van der Waals surface area contributed by atoms with Crippen LogP contribution in [0.5, 0.6) is 11.5 Å². The van der Waals surface area contributed by atoms with E-state index in [2.05, 4.69) is 10.6 Å². The highest BCUT2D eigenvalue weighted by atomic mass is 16.5. The summed E-state index contributed by atoms with van der Waals surface area (Å²) in [6, 6.07) is 13.8. The summed E-state index contributed by atoms with van der Waals surface area (Å²) in [4.78, 5) is 24.6. The Bertz CT molecular complexity index is 846. The van der Waals surface area contributed by atoms with Gasteiger partial charge >= 0.3 is 12.0 Å². The molecule has 162 valence electrons. The number of methoxy groups -OCH3 is 1. The first kappa shape index (κ1) is 23.1. The van der Waals surface area contributed by atoms with Crippen LogP contribution in [0.2, 0.25) is 0 Å². The molecule has 1 unspecified atom stereocenters. The number of nitrogens with one attached hydrogen (secondary N) is 2. The number of urea groups is 1. The average Bonchev–Trinajstić information content (AvgIpc) is 2.71. The van der Waals surface area contributed by atoms with E-state index in [1.807, 2.05) is 30.3 Å². The molecule has 2 rings (SSSR count). The van der Waals surface area contributed by atoms with Crippen LogP contribution in [0.15, 0.2) is 48.5 Å². The Labute approximate surface area is 177 Å². The summed E-state index contributed by atoms with van der Waals surface area (Å²) >= 11 is 0. The number of hydrogen-bond donors (Lipinski definition) is 3. The fourth-order valence-electron chi connectivity index (χ4n) is 2.69. The minimum absolute atomic E-state index is 0.0364. The van der Waals surface area contributed by atoms with Crippen LogP contribution in [-0.4, -0.2) is 36.9 Å². The number of benzene rings is 2. The number of rotatable bonds is 8. The van der Waals surface area contributed by atoms with Gasteiger partial charge in [0.15, 0.2) is 11.5 Å². The van der Waals surface area contributed by atoms with E-state index < -0.39 is 5.41 Å². The molecule has 0 saturated carbocycles. The fourth-order valence-corrected chi connectivity index (χ4v) is 2.69. The van der Waals surface area contributed by atoms with E-state index in [1.54, 1.807) is 32.9 Å². The van der Waals surface area contributed by atoms with Crippen molar-refractivity contribution in [2.24, 2.45) is 5.41 Å². The van der Waals surface area contributed by atoms with Crippen LogP contribution < -0.4 is 15.4 Å². The van der Waals surface area contributed by atoms with Crippen LogP contribution in [0.1, 0.15) is 31.9 Å². The van der Waals surface area contributed by atoms with E-state index in [9.17, 15) is 14.7 Å². The lowest BCUT2D eigenvalue weighted by atomic mass is 9.97. The van der Waals surface area contributed by atoms with Crippen molar-refractivity contribution < 1.29 is 24.2 Å². The molecule has 3 N–H and O–H groups in total. The predicted molar refractivity (Wildman–Crippen MR) is 114 cm³/mol. The molecule has 7 heteroatoms. The third kappa shape index (κ3) is 7.31. The van der Waals surface area contributed by atoms with Gasteiger partial charge in [0.25, 0.3) is 0 Å². The maximum Gasteiger partial charge on any atom is 0.315 e. The first-order valence-corrected chi connectivity index (χ1v) is 9.80. The Hall–Kier alpha value is -3.22. The van der Waals surface area contributed by atoms with E-state index in [4.69, 9.17) is 9.47 Å². The highest BCUT2D eigenvalue weighted by Gasteiger charge is 2.25. The van der Waals surface area contributed by atoms with Crippen molar-refractivity contribution in [2.45, 2.75) is 39.8 Å². The molecule has 0 aliphatic rings. The molecule has 2 aromatic carbocycles. The van der Waals surface area contributed by atoms with Gasteiger partial charge in [0, 0.05) is 6.54 Å². The van der Waals surface area contributed by atoms with E-state index in [0.29, 0.717) is 12.2 Å². The predicted octanol–water partition coefficient (Wildman–Crippen LogP) is 3.40. The summed E-state index contributed by atoms with van der Waals surface area (Å²) in [5.74, 6) is 0.0546. The van der Waals surface area contributed by atoms with Gasteiger partial charge < -0.3 is 25.2 Å². The minimum Gasteiger partial charge on any atom is -0.504 e. The van der Waals surface area contributed by atoms with Gasteiger partial charge in [0.1, 0.15) is 6.61 Å². The number of phenols is 1. The summed E-state index contributed by atoms with van der Waals surface area (Å²) in [6.45, 7) is 5.68. The number of carbonyl (C=O) groups excluding carboxylic acids is 2. The van der Waals surface area contributed by atoms with Gasteiger partial charge in [0.2, 0.25) is 0 Å². The molecule has 2 aromatic rings. The Morgan fingerprint density at radius 1 is 1.07 bits per heavy atom. The number of ether oxygens (including phenoxy) is 2. The lowest BCUT2D eigenvalue weighted by Gasteiger charge is -2.22. The normalized spacial score (nSPS) is 12.0. The van der Waals surface area contributed by atoms with Crippen molar-refractivity contribution in [1.82, 2.24) is 10.6 Å². The number of hydrogen-bond acceptors (Lipinski definition) is 5. The van der Waals surface area contributed by atoms with E-state index in [0.717, 1.165) is 11.1 Å². The highest BCUT2D eigenvalue weighted by molar-refractivity contribution is 5.76. The summed E-state index contributed by atoms with van der Waals surface area (Å²) in [6.07, 6.45) is 0.527. The zero-order valence-corrected chi connectivity index (χ0v) is 17.9. The second-order valence-corrected chi connectivity index (χ2v) is 8.07. The fraction of sp³-hybridized carbons (Fsp3) is 0.391. The van der Waals surface area contributed by atoms with Crippen LogP contribution >= 0.6 is 0 Å². The van der Waals surface area contributed by atoms with Crippen molar-refractivity contribution in [3.8, 4) is 11.5 Å². The summed E-state index contributed by atoms with van der Waals surface area (Å²) in [7, 11) is 1.46. The number of phenolic OH excluding ortho intramolecular Hbond substituents is 1. The van der Waals surface area contributed by atoms with Gasteiger partial charge in [-0.3, -0.25) is 4.79 Å². The molecule has 0 aromatic heterocycles. The molecule has 30 heavy (non-hydrogen) atoms. The van der Waals surface area contributed by atoms with Crippen LogP contribution in [-0.2, 0) is 22.5 Å². The van der Waals surface area contributed by atoms with E-state index in [1.165, 1.54) is 13.2 Å². The zero-order chi connectivity index (χ0) is 22.1. The third-order valence-electron chi connectivity index (χ3n) is 4.39. The first-order chi connectivity index (χ1) is 14.2. The van der Waals surface area contributed by atoms with E-state index in [-0.39, 0.29) is 36.9 Å². The Morgan fingerprint density at radius 2 is 1.77 bits per heavy atom. The number of esters is 1. The lowest BCUT2D eigenvalue weighted by Crippen LogP contribution is -2.45. The molecular formula is C23H30N2O5. The minimum atomic E-state index is -0.614. The molecule has 2 amide bonds. The average molecular weight is 415 g/mol. The van der Waals surface area contributed by atoms with Crippen LogP contribution in [0, 0.1) is 5.41 Å². The van der Waals surface area contributed by atoms with Gasteiger partial charge in [-0.15, -0.1) is 0 Å². The largest absolute Gasteiger partial charge is 0.504 e. The van der Waals surface area contributed by atoms with Gasteiger partial charge in [-0.25, -0.2) is 4.79 Å². The van der Waals surface area contributed by atoms with Gasteiger partial charge in [-0.1, -0.05) is 36.4 Å². The molecular weight excluding hydrogens is 384 g/mol. The number of aromatic hydroxyl groups is 1. The third-order valence-corrected chi connectivity index (χ3v) is 4.39. The monoisotopic (exact) mass is 414 g/mol. The zero-order valence-electron chi connectivity index (χ0n) is 17.9. The molecule has 0 saturated heterocycles. The van der Waals surface area contributed by atoms with Gasteiger partial charge in [0.05, 0.1) is 18.6 Å². The topological polar surface area (TPSA) is 96.9 Å². The smallest absolute Gasteiger partial charge is 0.315 e. The first-order valence-electron chi connectivity index (χ1n) is 9.80. The highest BCUT2D eigenvalue weighted by Crippen LogP contribution is 2.26. The molecule has 0 aliphatic heterocycles. The molecule has 0 radical (unpaired) electrons. The van der Waals surface area contributed by atoms with Crippen LogP contribution in [0.3, 0.4) is 0 Å². The van der Waals surface area contributed by atoms with Crippen molar-refractivity contribution >= 4 is 12.0 Å². The second-order valence-electron chi connectivity index (χ2n) is 8.07. The van der Waals surface area contributed by atoms with Crippen molar-refractivity contribution in [3.05, 3.63) is 59.7 Å². The maximum absolute atomic E-state index is 12.4. The molecule has 7 nitrogen and oxygen atoms in total. The van der Waals surface area contributed by atoms with Crippen LogP contribution in [0.4, 0.5) is 4.79 Å². The molecule has 0 bridgehead atoms. The summed E-state index contributed by atoms with van der Waals surface area (Å²) in [5.41, 5.74) is 1.19. The Balaban J connectivity index is 1.97. The van der Waals surface area contributed by atoms with Crippen molar-refractivity contribution in [1.29, 1.82) is 0 Å².